The van der Waals surface area contributed by atoms with Gasteiger partial charge in [0, 0.05) is 29.4 Å². The molecule has 2 atom stereocenters. The lowest BCUT2D eigenvalue weighted by Gasteiger charge is -2.33. The summed E-state index contributed by atoms with van der Waals surface area (Å²) in [6.07, 6.45) is 6.33. The van der Waals surface area contributed by atoms with Crippen LogP contribution in [0.1, 0.15) is 44.1 Å². The summed E-state index contributed by atoms with van der Waals surface area (Å²) in [5.41, 5.74) is 1.10. The third-order valence-electron chi connectivity index (χ3n) is 4.87. The van der Waals surface area contributed by atoms with E-state index in [9.17, 15) is 9.18 Å². The molecule has 0 spiro atoms. The van der Waals surface area contributed by atoms with Gasteiger partial charge in [0.05, 0.1) is 0 Å². The Labute approximate surface area is 133 Å². The van der Waals surface area contributed by atoms with Crippen molar-refractivity contribution in [1.82, 2.24) is 4.90 Å². The molecule has 1 heterocycles. The van der Waals surface area contributed by atoms with Crippen LogP contribution in [0.3, 0.4) is 0 Å². The molecular weight excluding hydrogens is 333 g/mol. The highest BCUT2D eigenvalue weighted by atomic mass is 79.9. The molecule has 0 bridgehead atoms. The number of ketones is 1. The number of hydrogen-bond donors (Lipinski definition) is 0. The highest BCUT2D eigenvalue weighted by molar-refractivity contribution is 9.10. The third-order valence-corrected chi connectivity index (χ3v) is 5.61. The van der Waals surface area contributed by atoms with Crippen molar-refractivity contribution in [3.05, 3.63) is 34.1 Å². The van der Waals surface area contributed by atoms with Crippen LogP contribution in [0.2, 0.25) is 0 Å². The Balaban J connectivity index is 1.73. The largest absolute Gasteiger partial charge is 0.299 e. The van der Waals surface area contributed by atoms with Gasteiger partial charge >= 0.3 is 0 Å². The zero-order valence-electron chi connectivity index (χ0n) is 12.2. The first-order chi connectivity index (χ1) is 10.1. The summed E-state index contributed by atoms with van der Waals surface area (Å²) in [6, 6.07) is 5.26. The number of likely N-dealkylation sites (tertiary alicyclic amines) is 1. The van der Waals surface area contributed by atoms with Gasteiger partial charge in [-0.2, -0.15) is 0 Å². The molecule has 2 nitrogen and oxygen atoms in total. The van der Waals surface area contributed by atoms with E-state index in [0.717, 1.165) is 55.2 Å². The van der Waals surface area contributed by atoms with Gasteiger partial charge in [0.15, 0.2) is 0 Å². The van der Waals surface area contributed by atoms with Crippen molar-refractivity contribution in [2.75, 3.05) is 6.54 Å². The van der Waals surface area contributed by atoms with E-state index in [1.54, 1.807) is 0 Å². The summed E-state index contributed by atoms with van der Waals surface area (Å²) in [4.78, 5) is 14.6. The first kappa shape index (κ1) is 15.2. The quantitative estimate of drug-likeness (QED) is 0.806. The second kappa shape index (κ2) is 6.57. The number of carbonyl (C=O) groups excluding carboxylic acids is 1. The van der Waals surface area contributed by atoms with Crippen molar-refractivity contribution in [1.29, 1.82) is 0 Å². The summed E-state index contributed by atoms with van der Waals surface area (Å²) >= 11 is 3.45. The van der Waals surface area contributed by atoms with Gasteiger partial charge in [0.2, 0.25) is 0 Å². The van der Waals surface area contributed by atoms with Crippen molar-refractivity contribution in [3.63, 3.8) is 0 Å². The Hall–Kier alpha value is -0.740. The van der Waals surface area contributed by atoms with E-state index < -0.39 is 0 Å². The first-order valence-corrected chi connectivity index (χ1v) is 8.65. The van der Waals surface area contributed by atoms with Crippen LogP contribution in [-0.4, -0.2) is 23.3 Å². The highest BCUT2D eigenvalue weighted by Gasteiger charge is 2.36. The molecule has 1 saturated heterocycles. The monoisotopic (exact) mass is 353 g/mol. The topological polar surface area (TPSA) is 20.3 Å². The SMILES string of the molecule is O=C1CCCCC1C1CCCN1Cc1ccc(F)cc1Br. The second-order valence-electron chi connectivity index (χ2n) is 6.23. The Bertz CT molecular complexity index is 534. The lowest BCUT2D eigenvalue weighted by molar-refractivity contribution is -0.126. The zero-order chi connectivity index (χ0) is 14.8. The molecule has 1 aliphatic heterocycles. The van der Waals surface area contributed by atoms with Gasteiger partial charge in [0.25, 0.3) is 0 Å². The van der Waals surface area contributed by atoms with Crippen LogP contribution in [0, 0.1) is 11.7 Å². The number of halogens is 2. The molecule has 1 aromatic rings. The van der Waals surface area contributed by atoms with Crippen LogP contribution in [0.4, 0.5) is 4.39 Å². The van der Waals surface area contributed by atoms with Gasteiger partial charge in [-0.3, -0.25) is 9.69 Å². The molecule has 2 fully saturated rings. The van der Waals surface area contributed by atoms with Crippen molar-refractivity contribution in [3.8, 4) is 0 Å². The number of rotatable bonds is 3. The molecule has 4 heteroatoms. The first-order valence-electron chi connectivity index (χ1n) is 7.86. The lowest BCUT2D eigenvalue weighted by atomic mass is 9.82. The molecule has 114 valence electrons. The molecule has 0 aromatic heterocycles. The van der Waals surface area contributed by atoms with Crippen LogP contribution < -0.4 is 0 Å². The molecule has 1 saturated carbocycles. The minimum atomic E-state index is -0.217. The number of carbonyl (C=O) groups is 1. The average molecular weight is 354 g/mol. The van der Waals surface area contributed by atoms with Crippen molar-refractivity contribution in [2.24, 2.45) is 5.92 Å². The van der Waals surface area contributed by atoms with Crippen LogP contribution in [0.5, 0.6) is 0 Å². The lowest BCUT2D eigenvalue weighted by Crippen LogP contribution is -2.40. The molecule has 1 aliphatic carbocycles. The summed E-state index contributed by atoms with van der Waals surface area (Å²) < 4.78 is 14.0. The fraction of sp³-hybridized carbons (Fsp3) is 0.588. The Morgan fingerprint density at radius 1 is 1.24 bits per heavy atom. The molecule has 2 aliphatic rings. The predicted molar refractivity (Wildman–Crippen MR) is 84.5 cm³/mol. The van der Waals surface area contributed by atoms with E-state index in [-0.39, 0.29) is 11.7 Å². The normalized spacial score (nSPS) is 27.2. The Morgan fingerprint density at radius 3 is 2.86 bits per heavy atom. The molecule has 0 radical (unpaired) electrons. The zero-order valence-corrected chi connectivity index (χ0v) is 13.7. The number of hydrogen-bond acceptors (Lipinski definition) is 2. The summed E-state index contributed by atoms with van der Waals surface area (Å²) in [7, 11) is 0. The van der Waals surface area contributed by atoms with Gasteiger partial charge in [-0.15, -0.1) is 0 Å². The van der Waals surface area contributed by atoms with Crippen LogP contribution >= 0.6 is 15.9 Å². The molecule has 3 rings (SSSR count). The maximum absolute atomic E-state index is 13.2. The maximum atomic E-state index is 13.2. The van der Waals surface area contributed by atoms with Crippen molar-refractivity contribution < 1.29 is 9.18 Å². The van der Waals surface area contributed by atoms with Crippen LogP contribution in [0.25, 0.3) is 0 Å². The molecule has 2 unspecified atom stereocenters. The van der Waals surface area contributed by atoms with Crippen LogP contribution in [0.15, 0.2) is 22.7 Å². The van der Waals surface area contributed by atoms with Crippen molar-refractivity contribution in [2.45, 2.75) is 51.1 Å². The summed E-state index contributed by atoms with van der Waals surface area (Å²) in [6.45, 7) is 1.84. The minimum absolute atomic E-state index is 0.217. The molecule has 0 N–H and O–H groups in total. The van der Waals surface area contributed by atoms with E-state index >= 15 is 0 Å². The third kappa shape index (κ3) is 3.37. The maximum Gasteiger partial charge on any atom is 0.137 e. The van der Waals surface area contributed by atoms with E-state index in [2.05, 4.69) is 20.8 Å². The predicted octanol–water partition coefficient (Wildman–Crippen LogP) is 4.31. The van der Waals surface area contributed by atoms with Gasteiger partial charge in [0.1, 0.15) is 11.6 Å². The fourth-order valence-corrected chi connectivity index (χ4v) is 4.27. The van der Waals surface area contributed by atoms with Gasteiger partial charge in [-0.1, -0.05) is 28.4 Å². The van der Waals surface area contributed by atoms with Gasteiger partial charge in [-0.05, 0) is 49.9 Å². The van der Waals surface area contributed by atoms with E-state index in [1.165, 1.54) is 18.6 Å². The minimum Gasteiger partial charge on any atom is -0.299 e. The number of Topliss-reactive ketones (excluding diaryl/α,β-unsaturated/α-hetero) is 1. The summed E-state index contributed by atoms with van der Waals surface area (Å²) in [5, 5.41) is 0. The van der Waals surface area contributed by atoms with E-state index in [0.29, 0.717) is 11.8 Å². The molecule has 21 heavy (non-hydrogen) atoms. The Kier molecular flexibility index (Phi) is 4.75. The number of benzene rings is 1. The molecule has 1 aromatic carbocycles. The van der Waals surface area contributed by atoms with Crippen LogP contribution in [-0.2, 0) is 11.3 Å². The van der Waals surface area contributed by atoms with Crippen molar-refractivity contribution >= 4 is 21.7 Å². The fourth-order valence-electron chi connectivity index (χ4n) is 3.79. The number of nitrogens with zero attached hydrogens (tertiary/aromatic N) is 1. The van der Waals surface area contributed by atoms with Gasteiger partial charge in [-0.25, -0.2) is 4.39 Å². The molecule has 0 amide bonds. The van der Waals surface area contributed by atoms with E-state index in [4.69, 9.17) is 0 Å². The highest BCUT2D eigenvalue weighted by Crippen LogP contribution is 2.34. The Morgan fingerprint density at radius 2 is 2.10 bits per heavy atom. The average Bonchev–Trinajstić information content (AvgIpc) is 2.90. The smallest absolute Gasteiger partial charge is 0.137 e. The summed E-state index contributed by atoms with van der Waals surface area (Å²) in [5.74, 6) is 0.461. The van der Waals surface area contributed by atoms with E-state index in [1.807, 2.05) is 6.07 Å². The standard InChI is InChI=1S/C17H21BrFNO/c18-15-10-13(19)8-7-12(15)11-20-9-3-5-16(20)14-4-1-2-6-17(14)21/h7-8,10,14,16H,1-6,9,11H2. The second-order valence-corrected chi connectivity index (χ2v) is 7.09. The van der Waals surface area contributed by atoms with Gasteiger partial charge < -0.3 is 0 Å². The molecular formula is C17H21BrFNO.